The molecule has 1 amide bonds. The highest BCUT2D eigenvalue weighted by Crippen LogP contribution is 2.22. The van der Waals surface area contributed by atoms with Gasteiger partial charge < -0.3 is 15.4 Å². The van der Waals surface area contributed by atoms with Gasteiger partial charge in [-0.3, -0.25) is 4.79 Å². The molecule has 124 valence electrons. The van der Waals surface area contributed by atoms with Crippen LogP contribution in [0, 0.1) is 13.8 Å². The van der Waals surface area contributed by atoms with Gasteiger partial charge in [0, 0.05) is 38.4 Å². The predicted octanol–water partition coefficient (Wildman–Crippen LogP) is 2.83. The van der Waals surface area contributed by atoms with E-state index in [-0.39, 0.29) is 30.5 Å². The van der Waals surface area contributed by atoms with Crippen LogP contribution in [-0.2, 0) is 4.79 Å². The Morgan fingerprint density at radius 1 is 1.32 bits per heavy atom. The summed E-state index contributed by atoms with van der Waals surface area (Å²) in [6, 6.07) is 6.13. The van der Waals surface area contributed by atoms with E-state index in [2.05, 4.69) is 26.0 Å². The van der Waals surface area contributed by atoms with Crippen molar-refractivity contribution in [3.8, 4) is 5.75 Å². The molecule has 0 bridgehead atoms. The summed E-state index contributed by atoms with van der Waals surface area (Å²) in [6.45, 7) is 7.59. The summed E-state index contributed by atoms with van der Waals surface area (Å²) >= 11 is 0. The summed E-state index contributed by atoms with van der Waals surface area (Å²) in [6.07, 6.45) is 2.41. The third kappa shape index (κ3) is 5.18. The second-order valence-corrected chi connectivity index (χ2v) is 6.13. The van der Waals surface area contributed by atoms with E-state index in [1.807, 2.05) is 17.9 Å². The smallest absolute Gasteiger partial charge is 0.224 e. The van der Waals surface area contributed by atoms with Crippen LogP contribution in [0.4, 0.5) is 0 Å². The number of nitrogens with zero attached hydrogens (tertiary/aromatic N) is 1. The summed E-state index contributed by atoms with van der Waals surface area (Å²) < 4.78 is 6.04. The van der Waals surface area contributed by atoms with Gasteiger partial charge in [-0.15, -0.1) is 12.4 Å². The average Bonchev–Trinajstić information content (AvgIpc) is 2.43. The highest BCUT2D eigenvalue weighted by molar-refractivity contribution is 5.85. The van der Waals surface area contributed by atoms with E-state index >= 15 is 0 Å². The molecule has 4 nitrogen and oxygen atoms in total. The zero-order valence-corrected chi connectivity index (χ0v) is 14.5. The number of nitrogens with two attached hydrogens (primary N) is 1. The Labute approximate surface area is 139 Å². The first-order valence-corrected chi connectivity index (χ1v) is 7.73. The summed E-state index contributed by atoms with van der Waals surface area (Å²) in [7, 11) is 0. The predicted molar refractivity (Wildman–Crippen MR) is 91.7 cm³/mol. The van der Waals surface area contributed by atoms with Crippen LogP contribution < -0.4 is 10.5 Å². The van der Waals surface area contributed by atoms with Crippen LogP contribution in [0.5, 0.6) is 5.75 Å². The van der Waals surface area contributed by atoms with E-state index in [0.29, 0.717) is 6.42 Å². The Morgan fingerprint density at radius 2 is 1.95 bits per heavy atom. The monoisotopic (exact) mass is 326 g/mol. The van der Waals surface area contributed by atoms with E-state index < -0.39 is 0 Å². The molecule has 1 fully saturated rings. The minimum atomic E-state index is -0.0676. The molecule has 1 unspecified atom stereocenters. The highest BCUT2D eigenvalue weighted by atomic mass is 35.5. The number of rotatable bonds is 4. The molecule has 2 N–H and O–H groups in total. The molecule has 0 radical (unpaired) electrons. The van der Waals surface area contributed by atoms with Crippen LogP contribution in [0.3, 0.4) is 0 Å². The van der Waals surface area contributed by atoms with Crippen molar-refractivity contribution in [2.24, 2.45) is 5.73 Å². The van der Waals surface area contributed by atoms with Gasteiger partial charge in [0.05, 0.1) is 0 Å². The number of benzene rings is 1. The third-order valence-corrected chi connectivity index (χ3v) is 4.07. The Morgan fingerprint density at radius 3 is 2.50 bits per heavy atom. The van der Waals surface area contributed by atoms with E-state index in [9.17, 15) is 4.79 Å². The van der Waals surface area contributed by atoms with Gasteiger partial charge in [0.2, 0.25) is 5.91 Å². The summed E-state index contributed by atoms with van der Waals surface area (Å²) in [5, 5.41) is 0. The van der Waals surface area contributed by atoms with Gasteiger partial charge in [0.15, 0.2) is 0 Å². The molecule has 1 aromatic carbocycles. The van der Waals surface area contributed by atoms with Crippen LogP contribution >= 0.6 is 12.4 Å². The van der Waals surface area contributed by atoms with E-state index in [4.69, 9.17) is 10.5 Å². The number of hydrogen-bond donors (Lipinski definition) is 1. The van der Waals surface area contributed by atoms with Gasteiger partial charge >= 0.3 is 0 Å². The molecule has 5 heteroatoms. The summed E-state index contributed by atoms with van der Waals surface area (Å²) in [4.78, 5) is 13.9. The van der Waals surface area contributed by atoms with Crippen molar-refractivity contribution in [3.05, 3.63) is 29.3 Å². The lowest BCUT2D eigenvalue weighted by atomic mass is 10.1. The maximum Gasteiger partial charge on any atom is 0.224 e. The van der Waals surface area contributed by atoms with Crippen LogP contribution in [0.2, 0.25) is 0 Å². The lowest BCUT2D eigenvalue weighted by molar-refractivity contribution is -0.133. The quantitative estimate of drug-likeness (QED) is 0.925. The molecule has 0 spiro atoms. The van der Waals surface area contributed by atoms with Crippen LogP contribution in [0.15, 0.2) is 18.2 Å². The zero-order valence-electron chi connectivity index (χ0n) is 13.7. The zero-order chi connectivity index (χ0) is 15.4. The number of piperidine rings is 1. The van der Waals surface area contributed by atoms with Crippen LogP contribution in [-0.4, -0.2) is 36.0 Å². The fraction of sp³-hybridized carbons (Fsp3) is 0.588. The maximum atomic E-state index is 12.0. The Hall–Kier alpha value is -1.26. The van der Waals surface area contributed by atoms with Gasteiger partial charge in [0.25, 0.3) is 0 Å². The number of carbonyl (C=O) groups is 1. The Balaban J connectivity index is 0.00000242. The number of hydrogen-bond acceptors (Lipinski definition) is 3. The van der Waals surface area contributed by atoms with Gasteiger partial charge in [-0.2, -0.15) is 0 Å². The maximum absolute atomic E-state index is 12.0. The van der Waals surface area contributed by atoms with Gasteiger partial charge in [-0.05, 0) is 44.0 Å². The first-order valence-electron chi connectivity index (χ1n) is 7.73. The van der Waals surface area contributed by atoms with Crippen molar-refractivity contribution in [1.82, 2.24) is 4.90 Å². The lowest BCUT2D eigenvalue weighted by Gasteiger charge is -2.32. The molecular formula is C17H27ClN2O2. The molecule has 1 aliphatic heterocycles. The molecule has 1 atom stereocenters. The molecule has 1 aliphatic rings. The van der Waals surface area contributed by atoms with Gasteiger partial charge in [0.1, 0.15) is 11.9 Å². The van der Waals surface area contributed by atoms with Crippen molar-refractivity contribution in [2.75, 3.05) is 13.1 Å². The minimum Gasteiger partial charge on any atom is -0.490 e. The fourth-order valence-corrected chi connectivity index (χ4v) is 2.61. The Kier molecular flexibility index (Phi) is 7.17. The van der Waals surface area contributed by atoms with Gasteiger partial charge in [-0.25, -0.2) is 0 Å². The fourth-order valence-electron chi connectivity index (χ4n) is 2.61. The van der Waals surface area contributed by atoms with E-state index in [1.54, 1.807) is 0 Å². The largest absolute Gasteiger partial charge is 0.490 e. The Bertz CT molecular complexity index is 497. The number of aryl methyl sites for hydroxylation is 2. The van der Waals surface area contributed by atoms with E-state index in [0.717, 1.165) is 31.7 Å². The second kappa shape index (κ2) is 8.39. The second-order valence-electron chi connectivity index (χ2n) is 6.13. The first-order chi connectivity index (χ1) is 9.95. The van der Waals surface area contributed by atoms with Crippen molar-refractivity contribution in [3.63, 3.8) is 0 Å². The molecular weight excluding hydrogens is 300 g/mol. The molecule has 22 heavy (non-hydrogen) atoms. The minimum absolute atomic E-state index is 0. The average molecular weight is 327 g/mol. The molecule has 1 heterocycles. The molecule has 1 saturated heterocycles. The first kappa shape index (κ1) is 18.8. The van der Waals surface area contributed by atoms with Crippen LogP contribution in [0.1, 0.15) is 37.3 Å². The number of likely N-dealkylation sites (tertiary alicyclic amines) is 1. The topological polar surface area (TPSA) is 55.6 Å². The SMILES string of the molecule is Cc1ccc(OC2CCN(C(=O)CC(C)N)CC2)cc1C.Cl. The molecule has 0 saturated carbocycles. The number of ether oxygens (including phenoxy) is 1. The molecule has 2 rings (SSSR count). The molecule has 0 aromatic heterocycles. The third-order valence-electron chi connectivity index (χ3n) is 4.07. The van der Waals surface area contributed by atoms with Crippen molar-refractivity contribution >= 4 is 18.3 Å². The molecule has 0 aliphatic carbocycles. The molecule has 1 aromatic rings. The summed E-state index contributed by atoms with van der Waals surface area (Å²) in [5.74, 6) is 1.09. The van der Waals surface area contributed by atoms with Crippen molar-refractivity contribution in [1.29, 1.82) is 0 Å². The van der Waals surface area contributed by atoms with Crippen molar-refractivity contribution in [2.45, 2.75) is 52.2 Å². The number of carbonyl (C=O) groups excluding carboxylic acids is 1. The highest BCUT2D eigenvalue weighted by Gasteiger charge is 2.24. The lowest BCUT2D eigenvalue weighted by Crippen LogP contribution is -2.43. The summed E-state index contributed by atoms with van der Waals surface area (Å²) in [5.41, 5.74) is 8.21. The normalized spacial score (nSPS) is 16.8. The van der Waals surface area contributed by atoms with Gasteiger partial charge in [-0.1, -0.05) is 6.07 Å². The number of amides is 1. The van der Waals surface area contributed by atoms with Crippen molar-refractivity contribution < 1.29 is 9.53 Å². The van der Waals surface area contributed by atoms with Crippen LogP contribution in [0.25, 0.3) is 0 Å². The number of halogens is 1. The standard InChI is InChI=1S/C17H26N2O2.ClH/c1-12-4-5-16(10-13(12)2)21-15-6-8-19(9-7-15)17(20)11-14(3)18;/h4-5,10,14-15H,6-9,11,18H2,1-3H3;1H. The van der Waals surface area contributed by atoms with E-state index in [1.165, 1.54) is 11.1 Å².